The number of carbonyl (C=O) groups is 3. The number of azo groups is 1. The summed E-state index contributed by atoms with van der Waals surface area (Å²) in [5.41, 5.74) is -1.32. The van der Waals surface area contributed by atoms with Crippen LogP contribution in [0.3, 0.4) is 0 Å². The van der Waals surface area contributed by atoms with Crippen LogP contribution >= 0.6 is 0 Å². The zero-order chi connectivity index (χ0) is 13.2. The van der Waals surface area contributed by atoms with Crippen molar-refractivity contribution in [3.05, 3.63) is 11.8 Å². The molecule has 18 heavy (non-hydrogen) atoms. The molecule has 0 aromatic carbocycles. The molecule has 2 heterocycles. The van der Waals surface area contributed by atoms with Crippen molar-refractivity contribution in [2.45, 2.75) is 18.4 Å². The van der Waals surface area contributed by atoms with E-state index in [2.05, 4.69) is 15.5 Å². The molecule has 0 bridgehead atoms. The Labute approximate surface area is 102 Å². The van der Waals surface area contributed by atoms with Gasteiger partial charge in [-0.2, -0.15) is 5.11 Å². The van der Waals surface area contributed by atoms with Gasteiger partial charge in [0.2, 0.25) is 5.91 Å². The number of amides is 2. The summed E-state index contributed by atoms with van der Waals surface area (Å²) in [5, 5.41) is 18.1. The molecule has 0 radical (unpaired) electrons. The average Bonchev–Trinajstić information content (AvgIpc) is 2.79. The Bertz CT molecular complexity index is 462. The second-order valence-electron chi connectivity index (χ2n) is 4.08. The van der Waals surface area contributed by atoms with Crippen molar-refractivity contribution < 1.29 is 24.2 Å². The maximum Gasteiger partial charge on any atom is 0.331 e. The van der Waals surface area contributed by atoms with E-state index in [1.807, 2.05) is 0 Å². The van der Waals surface area contributed by atoms with Gasteiger partial charge in [-0.25, -0.2) is 4.79 Å². The molecule has 2 amide bonds. The molecule has 1 atom stereocenters. The fourth-order valence-corrected chi connectivity index (χ4v) is 1.73. The zero-order valence-corrected chi connectivity index (χ0v) is 9.38. The van der Waals surface area contributed by atoms with Crippen molar-refractivity contribution in [1.82, 2.24) is 5.32 Å². The minimum Gasteiger partial charge on any atom is -0.479 e. The van der Waals surface area contributed by atoms with Gasteiger partial charge < -0.3 is 15.2 Å². The first kappa shape index (κ1) is 12.4. The van der Waals surface area contributed by atoms with Crippen LogP contribution in [0.1, 0.15) is 12.8 Å². The summed E-state index contributed by atoms with van der Waals surface area (Å²) in [4.78, 5) is 34.0. The minimum absolute atomic E-state index is 0.0865. The molecule has 0 unspecified atom stereocenters. The van der Waals surface area contributed by atoms with E-state index in [-0.39, 0.29) is 31.6 Å². The predicted octanol–water partition coefficient (Wildman–Crippen LogP) is -0.387. The first-order chi connectivity index (χ1) is 8.53. The third-order valence-corrected chi connectivity index (χ3v) is 2.80. The molecular formula is C10H11N3O5. The van der Waals surface area contributed by atoms with Crippen LogP contribution in [0.4, 0.5) is 0 Å². The summed E-state index contributed by atoms with van der Waals surface area (Å²) in [7, 11) is 0. The van der Waals surface area contributed by atoms with Gasteiger partial charge in [-0.05, 0) is 0 Å². The molecule has 2 N–H and O–H groups in total. The Morgan fingerprint density at radius 1 is 1.50 bits per heavy atom. The topological polar surface area (TPSA) is 117 Å². The van der Waals surface area contributed by atoms with Gasteiger partial charge in [0.15, 0.2) is 5.54 Å². The molecule has 2 aliphatic heterocycles. The summed E-state index contributed by atoms with van der Waals surface area (Å²) >= 11 is 0. The molecule has 1 fully saturated rings. The summed E-state index contributed by atoms with van der Waals surface area (Å²) in [6, 6.07) is 0. The van der Waals surface area contributed by atoms with Crippen LogP contribution in [-0.2, 0) is 19.1 Å². The normalized spacial score (nSPS) is 26.9. The first-order valence-electron chi connectivity index (χ1n) is 5.30. The van der Waals surface area contributed by atoms with Gasteiger partial charge in [0.1, 0.15) is 0 Å². The number of hydrogen-bond acceptors (Lipinski definition) is 5. The smallest absolute Gasteiger partial charge is 0.331 e. The highest BCUT2D eigenvalue weighted by atomic mass is 16.5. The monoisotopic (exact) mass is 253 g/mol. The number of carbonyl (C=O) groups excluding carboxylic acids is 2. The fourth-order valence-electron chi connectivity index (χ4n) is 1.73. The van der Waals surface area contributed by atoms with Gasteiger partial charge in [0, 0.05) is 18.6 Å². The van der Waals surface area contributed by atoms with E-state index in [1.54, 1.807) is 0 Å². The van der Waals surface area contributed by atoms with Crippen molar-refractivity contribution in [3.63, 3.8) is 0 Å². The van der Waals surface area contributed by atoms with Crippen LogP contribution < -0.4 is 5.32 Å². The van der Waals surface area contributed by atoms with Crippen LogP contribution in [0.15, 0.2) is 22.0 Å². The number of nitrogens with one attached hydrogen (secondary N) is 1. The van der Waals surface area contributed by atoms with Gasteiger partial charge in [-0.1, -0.05) is 0 Å². The lowest BCUT2D eigenvalue weighted by Gasteiger charge is -2.24. The summed E-state index contributed by atoms with van der Waals surface area (Å²) in [5.74, 6) is -2.32. The molecule has 0 saturated carbocycles. The molecule has 96 valence electrons. The van der Waals surface area contributed by atoms with E-state index in [0.29, 0.717) is 0 Å². The van der Waals surface area contributed by atoms with Gasteiger partial charge in [0.05, 0.1) is 19.2 Å². The van der Waals surface area contributed by atoms with E-state index in [0.717, 1.165) is 6.20 Å². The average molecular weight is 253 g/mol. The van der Waals surface area contributed by atoms with E-state index >= 15 is 0 Å². The molecule has 0 spiro atoms. The number of rotatable bonds is 3. The van der Waals surface area contributed by atoms with Gasteiger partial charge in [0.25, 0.3) is 5.91 Å². The van der Waals surface area contributed by atoms with Crippen LogP contribution in [0.5, 0.6) is 0 Å². The fraction of sp³-hybridized carbons (Fsp3) is 0.500. The molecule has 1 saturated heterocycles. The molecule has 0 aliphatic carbocycles. The standard InChI is InChI=1S/C10H11N3O5/c14-7-3-6(4-11-13-7)8(15)12-10(9(16)17)1-2-18-5-10/h4H,1-3,5H2,(H,12,15)(H,16,17)/t10-/m0/s1. The Morgan fingerprint density at radius 3 is 2.83 bits per heavy atom. The second-order valence-corrected chi connectivity index (χ2v) is 4.08. The molecule has 0 aromatic rings. The molecule has 8 nitrogen and oxygen atoms in total. The molecule has 2 aliphatic rings. The highest BCUT2D eigenvalue weighted by Crippen LogP contribution is 2.20. The van der Waals surface area contributed by atoms with Crippen LogP contribution in [0.2, 0.25) is 0 Å². The number of hydrogen-bond donors (Lipinski definition) is 2. The second kappa shape index (κ2) is 4.65. The molecule has 2 rings (SSSR count). The number of ether oxygens (including phenoxy) is 1. The predicted molar refractivity (Wildman–Crippen MR) is 56.5 cm³/mol. The van der Waals surface area contributed by atoms with Crippen molar-refractivity contribution in [2.75, 3.05) is 13.2 Å². The Kier molecular flexibility index (Phi) is 3.19. The Morgan fingerprint density at radius 2 is 2.28 bits per heavy atom. The van der Waals surface area contributed by atoms with Gasteiger partial charge >= 0.3 is 5.97 Å². The van der Waals surface area contributed by atoms with Crippen molar-refractivity contribution in [2.24, 2.45) is 10.2 Å². The first-order valence-corrected chi connectivity index (χ1v) is 5.30. The van der Waals surface area contributed by atoms with E-state index in [1.165, 1.54) is 0 Å². The zero-order valence-electron chi connectivity index (χ0n) is 9.38. The number of carboxylic acids is 1. The highest BCUT2D eigenvalue weighted by molar-refractivity contribution is 6.01. The Balaban J connectivity index is 2.11. The Hall–Kier alpha value is -2.09. The van der Waals surface area contributed by atoms with Crippen LogP contribution in [-0.4, -0.2) is 41.6 Å². The van der Waals surface area contributed by atoms with Crippen molar-refractivity contribution in [1.29, 1.82) is 0 Å². The minimum atomic E-state index is -1.42. The molecular weight excluding hydrogens is 242 g/mol. The largest absolute Gasteiger partial charge is 0.479 e. The number of aliphatic carboxylic acids is 1. The lowest BCUT2D eigenvalue weighted by atomic mass is 9.98. The lowest BCUT2D eigenvalue weighted by Crippen LogP contribution is -2.55. The lowest BCUT2D eigenvalue weighted by molar-refractivity contribution is -0.147. The quantitative estimate of drug-likeness (QED) is 0.710. The number of nitrogens with zero attached hydrogens (tertiary/aromatic N) is 2. The maximum atomic E-state index is 11.9. The molecule has 8 heteroatoms. The van der Waals surface area contributed by atoms with Gasteiger partial charge in [-0.15, -0.1) is 5.11 Å². The number of carboxylic acid groups (broad SMARTS) is 1. The maximum absolute atomic E-state index is 11.9. The third-order valence-electron chi connectivity index (χ3n) is 2.80. The third kappa shape index (κ3) is 2.28. The molecule has 0 aromatic heterocycles. The summed E-state index contributed by atoms with van der Waals surface area (Å²) < 4.78 is 5.01. The summed E-state index contributed by atoms with van der Waals surface area (Å²) in [6.45, 7) is 0.182. The van der Waals surface area contributed by atoms with Gasteiger partial charge in [-0.3, -0.25) is 9.59 Å². The van der Waals surface area contributed by atoms with E-state index in [4.69, 9.17) is 9.84 Å². The van der Waals surface area contributed by atoms with Crippen LogP contribution in [0.25, 0.3) is 0 Å². The highest BCUT2D eigenvalue weighted by Gasteiger charge is 2.44. The van der Waals surface area contributed by atoms with Crippen molar-refractivity contribution in [3.8, 4) is 0 Å². The van der Waals surface area contributed by atoms with Crippen LogP contribution in [0, 0.1) is 0 Å². The van der Waals surface area contributed by atoms with E-state index < -0.39 is 23.3 Å². The van der Waals surface area contributed by atoms with E-state index in [9.17, 15) is 14.4 Å². The van der Waals surface area contributed by atoms with Crippen molar-refractivity contribution >= 4 is 17.8 Å². The summed E-state index contributed by atoms with van der Waals surface area (Å²) in [6.07, 6.45) is 1.17. The SMILES string of the molecule is O=C1CC(C(=O)N[C@@]2(C(=O)O)CCOC2)=CN=N1.